The lowest BCUT2D eigenvalue weighted by atomic mass is 10.2. The van der Waals surface area contributed by atoms with E-state index >= 15 is 0 Å². The topological polar surface area (TPSA) is 66.5 Å². The largest absolute Gasteiger partial charge is 0.324 e. The average Bonchev–Trinajstić information content (AvgIpc) is 2.73. The third kappa shape index (κ3) is 5.44. The zero-order chi connectivity index (χ0) is 21.7. The van der Waals surface area contributed by atoms with Crippen LogP contribution in [0.4, 0.5) is 11.4 Å². The zero-order valence-corrected chi connectivity index (χ0v) is 19.7. The van der Waals surface area contributed by atoms with Crippen molar-refractivity contribution in [2.24, 2.45) is 0 Å². The second-order valence-corrected chi connectivity index (χ2v) is 10.2. The van der Waals surface area contributed by atoms with Crippen molar-refractivity contribution in [2.75, 3.05) is 22.4 Å². The Balaban J connectivity index is 1.92. The molecule has 3 aromatic rings. The summed E-state index contributed by atoms with van der Waals surface area (Å²) >= 11 is 4.92. The number of halogens is 1. The van der Waals surface area contributed by atoms with E-state index < -0.39 is 15.9 Å². The number of hydrogen-bond donors (Lipinski definition) is 1. The maximum atomic E-state index is 13.3. The van der Waals surface area contributed by atoms with Crippen molar-refractivity contribution >= 4 is 55.0 Å². The van der Waals surface area contributed by atoms with Crippen LogP contribution in [0.5, 0.6) is 0 Å². The molecule has 0 aliphatic heterocycles. The molecule has 8 heteroatoms. The molecule has 0 heterocycles. The summed E-state index contributed by atoms with van der Waals surface area (Å²) in [5.74, 6) is -0.424. The van der Waals surface area contributed by atoms with E-state index in [0.717, 1.165) is 19.2 Å². The van der Waals surface area contributed by atoms with Crippen LogP contribution in [0, 0.1) is 6.92 Å². The summed E-state index contributed by atoms with van der Waals surface area (Å²) in [5.41, 5.74) is 1.98. The molecule has 0 spiro atoms. The van der Waals surface area contributed by atoms with Crippen molar-refractivity contribution in [1.29, 1.82) is 0 Å². The van der Waals surface area contributed by atoms with Gasteiger partial charge in [-0.3, -0.25) is 9.10 Å². The van der Waals surface area contributed by atoms with Crippen molar-refractivity contribution < 1.29 is 13.2 Å². The molecule has 0 aromatic heterocycles. The fourth-order valence-corrected chi connectivity index (χ4v) is 4.94. The Labute approximate surface area is 189 Å². The molecular formula is C22H21BrN2O3S2. The molecule has 0 saturated carbocycles. The predicted molar refractivity (Wildman–Crippen MR) is 127 cm³/mol. The van der Waals surface area contributed by atoms with Gasteiger partial charge < -0.3 is 5.32 Å². The van der Waals surface area contributed by atoms with E-state index in [2.05, 4.69) is 21.2 Å². The highest BCUT2D eigenvalue weighted by Gasteiger charge is 2.27. The van der Waals surface area contributed by atoms with Gasteiger partial charge >= 0.3 is 0 Å². The van der Waals surface area contributed by atoms with E-state index in [1.807, 2.05) is 31.4 Å². The molecule has 0 unspecified atom stereocenters. The number of aryl methyl sites for hydroxylation is 1. The van der Waals surface area contributed by atoms with Crippen molar-refractivity contribution in [3.05, 3.63) is 82.8 Å². The summed E-state index contributed by atoms with van der Waals surface area (Å²) < 4.78 is 28.6. The second kappa shape index (κ2) is 9.68. The van der Waals surface area contributed by atoms with Crippen LogP contribution in [0.15, 0.2) is 87.1 Å². The number of nitrogens with zero attached hydrogens (tertiary/aromatic N) is 1. The number of amides is 1. The van der Waals surface area contributed by atoms with Gasteiger partial charge in [-0.15, -0.1) is 11.8 Å². The molecule has 0 atom stereocenters. The molecule has 156 valence electrons. The molecule has 3 rings (SSSR count). The Morgan fingerprint density at radius 1 is 1.03 bits per heavy atom. The number of carbonyl (C=O) groups is 1. The minimum atomic E-state index is -3.93. The molecule has 3 aromatic carbocycles. The summed E-state index contributed by atoms with van der Waals surface area (Å²) in [6, 6.07) is 20.8. The van der Waals surface area contributed by atoms with Gasteiger partial charge in [0.1, 0.15) is 6.54 Å². The van der Waals surface area contributed by atoms with Gasteiger partial charge in [-0.25, -0.2) is 8.42 Å². The van der Waals surface area contributed by atoms with Crippen LogP contribution in [0.3, 0.4) is 0 Å². The Bertz CT molecular complexity index is 1130. The smallest absolute Gasteiger partial charge is 0.264 e. The van der Waals surface area contributed by atoms with Crippen LogP contribution in [-0.2, 0) is 14.8 Å². The minimum absolute atomic E-state index is 0.133. The third-order valence-electron chi connectivity index (χ3n) is 4.36. The second-order valence-electron chi connectivity index (χ2n) is 6.58. The third-order valence-corrected chi connectivity index (χ3v) is 7.41. The lowest BCUT2D eigenvalue weighted by Gasteiger charge is -2.24. The molecule has 1 N–H and O–H groups in total. The van der Waals surface area contributed by atoms with Crippen LogP contribution in [0.2, 0.25) is 0 Å². The van der Waals surface area contributed by atoms with E-state index in [1.54, 1.807) is 66.4 Å². The fraction of sp³-hybridized carbons (Fsp3) is 0.136. The van der Waals surface area contributed by atoms with Crippen LogP contribution in [0.1, 0.15) is 5.56 Å². The van der Waals surface area contributed by atoms with Crippen molar-refractivity contribution in [1.82, 2.24) is 0 Å². The Hall–Kier alpha value is -2.29. The number of thioether (sulfide) groups is 1. The molecule has 0 bridgehead atoms. The molecule has 5 nitrogen and oxygen atoms in total. The summed E-state index contributed by atoms with van der Waals surface area (Å²) in [6.45, 7) is 1.54. The number of carbonyl (C=O) groups excluding carboxylic acids is 1. The van der Waals surface area contributed by atoms with E-state index in [9.17, 15) is 13.2 Å². The van der Waals surface area contributed by atoms with Crippen LogP contribution >= 0.6 is 27.7 Å². The molecule has 0 fully saturated rings. The maximum Gasteiger partial charge on any atom is 0.264 e. The van der Waals surface area contributed by atoms with Crippen LogP contribution in [0.25, 0.3) is 0 Å². The van der Waals surface area contributed by atoms with Gasteiger partial charge in [-0.1, -0.05) is 39.7 Å². The minimum Gasteiger partial charge on any atom is -0.324 e. The van der Waals surface area contributed by atoms with E-state index in [-0.39, 0.29) is 11.4 Å². The predicted octanol–water partition coefficient (Wildman–Crippen LogP) is 5.31. The first kappa shape index (κ1) is 22.4. The SMILES string of the molecule is CSc1cccc(NC(=O)CN(c2ccc(Br)cc2)S(=O)(=O)c2ccc(C)cc2)c1. The number of rotatable bonds is 7. The van der Waals surface area contributed by atoms with Crippen molar-refractivity contribution in [3.8, 4) is 0 Å². The van der Waals surface area contributed by atoms with Gasteiger partial charge in [-0.05, 0) is 67.8 Å². The summed E-state index contributed by atoms with van der Waals surface area (Å²) in [6.07, 6.45) is 1.95. The normalized spacial score (nSPS) is 11.2. The highest BCUT2D eigenvalue weighted by atomic mass is 79.9. The Morgan fingerprint density at radius 2 is 1.70 bits per heavy atom. The zero-order valence-electron chi connectivity index (χ0n) is 16.5. The summed E-state index contributed by atoms with van der Waals surface area (Å²) in [7, 11) is -3.93. The lowest BCUT2D eigenvalue weighted by Crippen LogP contribution is -2.38. The number of hydrogen-bond acceptors (Lipinski definition) is 4. The first-order valence-corrected chi connectivity index (χ1v) is 12.5. The van der Waals surface area contributed by atoms with Gasteiger partial charge in [0.25, 0.3) is 10.0 Å². The summed E-state index contributed by atoms with van der Waals surface area (Å²) in [5, 5.41) is 2.79. The molecule has 0 radical (unpaired) electrons. The van der Waals surface area contributed by atoms with E-state index in [0.29, 0.717) is 11.4 Å². The van der Waals surface area contributed by atoms with Gasteiger partial charge in [0.05, 0.1) is 10.6 Å². The van der Waals surface area contributed by atoms with E-state index in [1.165, 1.54) is 0 Å². The van der Waals surface area contributed by atoms with Gasteiger partial charge in [-0.2, -0.15) is 0 Å². The van der Waals surface area contributed by atoms with Crippen molar-refractivity contribution in [2.45, 2.75) is 16.7 Å². The highest BCUT2D eigenvalue weighted by Crippen LogP contribution is 2.26. The molecule has 0 aliphatic carbocycles. The van der Waals surface area contributed by atoms with Gasteiger partial charge in [0.15, 0.2) is 0 Å². The monoisotopic (exact) mass is 504 g/mol. The number of benzene rings is 3. The Kier molecular flexibility index (Phi) is 7.23. The van der Waals surface area contributed by atoms with Crippen molar-refractivity contribution in [3.63, 3.8) is 0 Å². The molecule has 0 aliphatic rings. The highest BCUT2D eigenvalue weighted by molar-refractivity contribution is 9.10. The quantitative estimate of drug-likeness (QED) is 0.442. The first-order chi connectivity index (χ1) is 14.3. The molecular weight excluding hydrogens is 484 g/mol. The maximum absolute atomic E-state index is 13.3. The number of nitrogens with one attached hydrogen (secondary N) is 1. The lowest BCUT2D eigenvalue weighted by molar-refractivity contribution is -0.114. The first-order valence-electron chi connectivity index (χ1n) is 9.08. The summed E-state index contributed by atoms with van der Waals surface area (Å²) in [4.78, 5) is 13.9. The Morgan fingerprint density at radius 3 is 2.33 bits per heavy atom. The number of anilines is 2. The molecule has 1 amide bonds. The number of sulfonamides is 1. The molecule has 0 saturated heterocycles. The van der Waals surface area contributed by atoms with Gasteiger partial charge in [0.2, 0.25) is 5.91 Å². The molecule has 30 heavy (non-hydrogen) atoms. The van der Waals surface area contributed by atoms with E-state index in [4.69, 9.17) is 0 Å². The standard InChI is InChI=1S/C22H21BrN2O3S2/c1-16-6-12-21(13-7-16)30(27,28)25(19-10-8-17(23)9-11-19)15-22(26)24-18-4-3-5-20(14-18)29-2/h3-14H,15H2,1-2H3,(H,24,26). The average molecular weight is 505 g/mol. The van der Waals surface area contributed by atoms with Crippen LogP contribution in [-0.4, -0.2) is 27.1 Å². The van der Waals surface area contributed by atoms with Gasteiger partial charge in [0, 0.05) is 15.1 Å². The van der Waals surface area contributed by atoms with Crippen LogP contribution < -0.4 is 9.62 Å². The fourth-order valence-electron chi connectivity index (χ4n) is 2.79.